The molecule has 2 aromatic heterocycles. The Hall–Kier alpha value is -1.44. The summed E-state index contributed by atoms with van der Waals surface area (Å²) >= 11 is 8.87. The number of hydrogen-bond acceptors (Lipinski definition) is 5. The Kier molecular flexibility index (Phi) is 4.99. The van der Waals surface area contributed by atoms with Crippen LogP contribution in [0.1, 0.15) is 18.5 Å². The first-order valence-electron chi connectivity index (χ1n) is 7.23. The highest BCUT2D eigenvalue weighted by molar-refractivity contribution is 7.23. The number of hydrogen-bond donors (Lipinski definition) is 1. The van der Waals surface area contributed by atoms with E-state index in [0.717, 1.165) is 22.0 Å². The Balaban J connectivity index is 1.64. The number of amides is 1. The third kappa shape index (κ3) is 3.91. The molecule has 23 heavy (non-hydrogen) atoms. The lowest BCUT2D eigenvalue weighted by Gasteiger charge is -2.30. The van der Waals surface area contributed by atoms with Gasteiger partial charge in [0.25, 0.3) is 0 Å². The third-order valence-corrected chi connectivity index (χ3v) is 6.08. The van der Waals surface area contributed by atoms with E-state index < -0.39 is 11.9 Å². The summed E-state index contributed by atoms with van der Waals surface area (Å²) in [5.74, 6) is -1.34. The highest BCUT2D eigenvalue weighted by Crippen LogP contribution is 2.33. The van der Waals surface area contributed by atoms with Crippen molar-refractivity contribution in [1.29, 1.82) is 0 Å². The Labute approximate surface area is 146 Å². The molecule has 0 saturated carbocycles. The second-order valence-electron chi connectivity index (χ2n) is 5.44. The second-order valence-corrected chi connectivity index (χ2v) is 8.01. The van der Waals surface area contributed by atoms with Gasteiger partial charge in [-0.05, 0) is 25.0 Å². The molecule has 122 valence electrons. The van der Waals surface area contributed by atoms with Gasteiger partial charge >= 0.3 is 5.97 Å². The fraction of sp³-hybridized carbons (Fsp3) is 0.400. The van der Waals surface area contributed by atoms with Gasteiger partial charge in [-0.2, -0.15) is 0 Å². The number of carbonyl (C=O) groups is 2. The van der Waals surface area contributed by atoms with Gasteiger partial charge in [-0.15, -0.1) is 22.7 Å². The maximum Gasteiger partial charge on any atom is 0.308 e. The van der Waals surface area contributed by atoms with Crippen molar-refractivity contribution in [2.24, 2.45) is 5.92 Å². The summed E-state index contributed by atoms with van der Waals surface area (Å²) in [5.41, 5.74) is 0.719. The standard InChI is InChI=1S/C15H15ClN2O3S2/c16-12-4-3-11(23-12)14-17-10(8-22-14)6-13(19)18-5-1-2-9(7-18)15(20)21/h3-4,8-9H,1-2,5-7H2,(H,20,21)/t9-/m0/s1. The van der Waals surface area contributed by atoms with Crippen molar-refractivity contribution in [3.8, 4) is 9.88 Å². The zero-order chi connectivity index (χ0) is 16.4. The molecule has 1 N–H and O–H groups in total. The lowest BCUT2D eigenvalue weighted by Crippen LogP contribution is -2.43. The number of aromatic nitrogens is 1. The van der Waals surface area contributed by atoms with Crippen LogP contribution in [0.5, 0.6) is 0 Å². The molecule has 2 aromatic rings. The first kappa shape index (κ1) is 16.4. The third-order valence-electron chi connectivity index (χ3n) is 3.79. The van der Waals surface area contributed by atoms with Crippen LogP contribution in [0.25, 0.3) is 9.88 Å². The monoisotopic (exact) mass is 370 g/mol. The Morgan fingerprint density at radius 1 is 1.43 bits per heavy atom. The maximum absolute atomic E-state index is 12.4. The fourth-order valence-electron chi connectivity index (χ4n) is 2.60. The zero-order valence-corrected chi connectivity index (χ0v) is 14.6. The second kappa shape index (κ2) is 6.98. The molecular formula is C15H15ClN2O3S2. The summed E-state index contributed by atoms with van der Waals surface area (Å²) < 4.78 is 0.709. The fourth-order valence-corrected chi connectivity index (χ4v) is 4.54. The summed E-state index contributed by atoms with van der Waals surface area (Å²) in [6.45, 7) is 0.922. The number of thiazole rings is 1. The van der Waals surface area contributed by atoms with Crippen molar-refractivity contribution in [3.63, 3.8) is 0 Å². The number of halogens is 1. The number of likely N-dealkylation sites (tertiary alicyclic amines) is 1. The zero-order valence-electron chi connectivity index (χ0n) is 12.2. The molecular weight excluding hydrogens is 356 g/mol. The van der Waals surface area contributed by atoms with E-state index in [1.807, 2.05) is 17.5 Å². The van der Waals surface area contributed by atoms with Crippen molar-refractivity contribution < 1.29 is 14.7 Å². The molecule has 0 spiro atoms. The van der Waals surface area contributed by atoms with E-state index in [-0.39, 0.29) is 12.3 Å². The molecule has 5 nitrogen and oxygen atoms in total. The van der Waals surface area contributed by atoms with E-state index in [1.54, 1.807) is 4.90 Å². The van der Waals surface area contributed by atoms with Crippen molar-refractivity contribution in [2.75, 3.05) is 13.1 Å². The summed E-state index contributed by atoms with van der Waals surface area (Å²) in [5, 5.41) is 11.8. The van der Waals surface area contributed by atoms with Crippen LogP contribution in [0, 0.1) is 5.92 Å². The summed E-state index contributed by atoms with van der Waals surface area (Å²) in [7, 11) is 0. The molecule has 1 aliphatic heterocycles. The molecule has 3 rings (SSSR count). The smallest absolute Gasteiger partial charge is 0.308 e. The van der Waals surface area contributed by atoms with Gasteiger partial charge in [-0.1, -0.05) is 11.6 Å². The quantitative estimate of drug-likeness (QED) is 0.895. The molecule has 0 aromatic carbocycles. The molecule has 0 radical (unpaired) electrons. The topological polar surface area (TPSA) is 70.5 Å². The van der Waals surface area contributed by atoms with E-state index in [2.05, 4.69) is 4.98 Å². The van der Waals surface area contributed by atoms with E-state index in [9.17, 15) is 9.59 Å². The summed E-state index contributed by atoms with van der Waals surface area (Å²) in [4.78, 5) is 30.6. The largest absolute Gasteiger partial charge is 0.481 e. The van der Waals surface area contributed by atoms with Crippen LogP contribution < -0.4 is 0 Å². The van der Waals surface area contributed by atoms with Crippen LogP contribution >= 0.6 is 34.3 Å². The van der Waals surface area contributed by atoms with E-state index in [4.69, 9.17) is 16.7 Å². The molecule has 1 amide bonds. The minimum Gasteiger partial charge on any atom is -0.481 e. The molecule has 3 heterocycles. The van der Waals surface area contributed by atoms with Crippen molar-refractivity contribution in [2.45, 2.75) is 19.3 Å². The minimum atomic E-state index is -0.826. The van der Waals surface area contributed by atoms with Gasteiger partial charge in [0.05, 0.1) is 27.2 Å². The summed E-state index contributed by atoms with van der Waals surface area (Å²) in [6.07, 6.45) is 1.58. The van der Waals surface area contributed by atoms with Gasteiger partial charge in [0, 0.05) is 18.5 Å². The number of thiophene rings is 1. The van der Waals surface area contributed by atoms with E-state index in [1.165, 1.54) is 22.7 Å². The molecule has 8 heteroatoms. The van der Waals surface area contributed by atoms with Crippen molar-refractivity contribution in [1.82, 2.24) is 9.88 Å². The number of nitrogens with zero attached hydrogens (tertiary/aromatic N) is 2. The van der Waals surface area contributed by atoms with Crippen molar-refractivity contribution in [3.05, 3.63) is 27.5 Å². The van der Waals surface area contributed by atoms with Gasteiger partial charge in [0.2, 0.25) is 5.91 Å². The summed E-state index contributed by atoms with van der Waals surface area (Å²) in [6, 6.07) is 3.74. The molecule has 0 bridgehead atoms. The molecule has 0 aliphatic carbocycles. The van der Waals surface area contributed by atoms with Gasteiger partial charge in [-0.3, -0.25) is 9.59 Å². The Morgan fingerprint density at radius 3 is 2.96 bits per heavy atom. The first-order chi connectivity index (χ1) is 11.0. The van der Waals surface area contributed by atoms with Gasteiger partial charge in [-0.25, -0.2) is 4.98 Å². The number of carbonyl (C=O) groups excluding carboxylic acids is 1. The Bertz CT molecular complexity index is 728. The van der Waals surface area contributed by atoms with Crippen LogP contribution in [0.3, 0.4) is 0 Å². The van der Waals surface area contributed by atoms with E-state index >= 15 is 0 Å². The van der Waals surface area contributed by atoms with Crippen LogP contribution in [0.15, 0.2) is 17.5 Å². The average molecular weight is 371 g/mol. The number of carboxylic acids is 1. The molecule has 1 aliphatic rings. The molecule has 1 atom stereocenters. The van der Waals surface area contributed by atoms with Crippen LogP contribution in [0.2, 0.25) is 4.34 Å². The van der Waals surface area contributed by atoms with Gasteiger partial charge in [0.1, 0.15) is 5.01 Å². The number of aliphatic carboxylic acids is 1. The van der Waals surface area contributed by atoms with Crippen molar-refractivity contribution >= 4 is 46.2 Å². The van der Waals surface area contributed by atoms with Gasteiger partial charge in [0.15, 0.2) is 0 Å². The number of rotatable bonds is 4. The minimum absolute atomic E-state index is 0.0583. The predicted molar refractivity (Wildman–Crippen MR) is 91.1 cm³/mol. The number of piperidine rings is 1. The average Bonchev–Trinajstić information content (AvgIpc) is 3.16. The molecule has 1 saturated heterocycles. The highest BCUT2D eigenvalue weighted by Gasteiger charge is 2.28. The maximum atomic E-state index is 12.4. The number of carboxylic acid groups (broad SMARTS) is 1. The molecule has 0 unspecified atom stereocenters. The lowest BCUT2D eigenvalue weighted by atomic mass is 9.98. The highest BCUT2D eigenvalue weighted by atomic mass is 35.5. The lowest BCUT2D eigenvalue weighted by molar-refractivity contribution is -0.145. The normalized spacial score (nSPS) is 18.1. The predicted octanol–water partition coefficient (Wildman–Crippen LogP) is 3.39. The van der Waals surface area contributed by atoms with Crippen LogP contribution in [-0.2, 0) is 16.0 Å². The van der Waals surface area contributed by atoms with Gasteiger partial charge < -0.3 is 10.0 Å². The molecule has 1 fully saturated rings. The Morgan fingerprint density at radius 2 is 2.26 bits per heavy atom. The van der Waals surface area contributed by atoms with Crippen LogP contribution in [0.4, 0.5) is 0 Å². The van der Waals surface area contributed by atoms with E-state index in [0.29, 0.717) is 23.8 Å². The van der Waals surface area contributed by atoms with Crippen LogP contribution in [-0.4, -0.2) is 40.0 Å². The SMILES string of the molecule is O=C(O)[C@H]1CCCN(C(=O)Cc2csc(-c3ccc(Cl)s3)n2)C1. The first-order valence-corrected chi connectivity index (χ1v) is 9.31.